The quantitative estimate of drug-likeness (QED) is 0.0362. The maximum Gasteiger partial charge on any atom is 4.00 e. The van der Waals surface area contributed by atoms with E-state index in [4.69, 9.17) is 60.6 Å². The number of aliphatic hydroxyl groups excluding tert-OH is 5. The van der Waals surface area contributed by atoms with E-state index >= 15 is 0 Å². The van der Waals surface area contributed by atoms with Crippen LogP contribution in [0.3, 0.4) is 0 Å². The fourth-order valence-electron chi connectivity index (χ4n) is 2.36. The van der Waals surface area contributed by atoms with Crippen molar-refractivity contribution in [1.82, 2.24) is 0 Å². The molecule has 0 aromatic heterocycles. The van der Waals surface area contributed by atoms with Gasteiger partial charge in [0.05, 0.1) is 6.61 Å². The Morgan fingerprint density at radius 2 is 1.03 bits per heavy atom. The van der Waals surface area contributed by atoms with Crippen molar-refractivity contribution in [1.29, 1.82) is 0 Å². The van der Waals surface area contributed by atoms with Crippen LogP contribution in [0.15, 0.2) is 13.2 Å². The Balaban J connectivity index is -0.0000000939. The number of aliphatic hydroxyl groups is 5. The standard InChI is InChI=1S/C12H25.C6H12O6.C2H4.Cu.Na.2H2O4S/c1-3-5-7-9-11-12-10-8-6-4-2;7-1-3(9)5(11)6(12)4(10)2-8;1-2;;;2*1-5(2,3)4/h1,3-12H2,2H3;1,3-6,8-12H,2H2;1-2H2;;;2*(H2,1,2,3,4)/q;;;+4;;;/p-4. The molecule has 0 spiro atoms. The Hall–Kier alpha value is 0.469. The first-order chi connectivity index (χ1) is 17.0. The minimum atomic E-state index is -5.17. The molecule has 18 heteroatoms. The number of carbonyl (C=O) groups excluding carboxylic acids is 1. The number of hydrogen-bond acceptors (Lipinski definition) is 14. The van der Waals surface area contributed by atoms with Crippen LogP contribution in [-0.4, -0.2) is 126 Å². The van der Waals surface area contributed by atoms with Crippen molar-refractivity contribution < 1.29 is 82.4 Å². The Bertz CT molecular complexity index is 627. The molecule has 0 aromatic carbocycles. The van der Waals surface area contributed by atoms with Gasteiger partial charge in [0.15, 0.2) is 6.29 Å². The SMILES string of the molecule is C=C.CCCCCCCCCCC[CH2][Na].O=CC(O)C(O)C(O)C(O)CO.O=S(=O)([O-])[O-].O=S(=O)([O-])[O-].[Cu+4]. The predicted molar refractivity (Wildman–Crippen MR) is 132 cm³/mol. The molecule has 229 valence electrons. The monoisotopic (exact) mass is 655 g/mol. The summed E-state index contributed by atoms with van der Waals surface area (Å²) < 4.78 is 69.7. The number of carbonyl (C=O) groups is 1. The summed E-state index contributed by atoms with van der Waals surface area (Å²) in [5.74, 6) is 0. The molecule has 4 atom stereocenters. The number of rotatable bonds is 15. The third kappa shape index (κ3) is 65.5. The second-order valence-corrected chi connectivity index (χ2v) is 9.99. The van der Waals surface area contributed by atoms with Crippen LogP contribution in [0.1, 0.15) is 71.1 Å². The molecule has 0 aliphatic carbocycles. The van der Waals surface area contributed by atoms with E-state index < -0.39 is 51.8 Å². The van der Waals surface area contributed by atoms with Crippen LogP contribution in [0.5, 0.6) is 0 Å². The van der Waals surface area contributed by atoms with Gasteiger partial charge in [0, 0.05) is 20.8 Å². The van der Waals surface area contributed by atoms with E-state index in [2.05, 4.69) is 20.1 Å². The van der Waals surface area contributed by atoms with Crippen molar-refractivity contribution in [2.24, 2.45) is 0 Å². The number of unbranched alkanes of at least 4 members (excludes halogenated alkanes) is 9. The average Bonchev–Trinajstić information content (AvgIpc) is 2.80. The van der Waals surface area contributed by atoms with Crippen LogP contribution in [-0.2, 0) is 42.7 Å². The van der Waals surface area contributed by atoms with E-state index in [9.17, 15) is 4.79 Å². The van der Waals surface area contributed by atoms with Crippen molar-refractivity contribution in [2.75, 3.05) is 6.61 Å². The second-order valence-electron chi connectivity index (χ2n) is 7.36. The zero-order chi connectivity index (χ0) is 30.5. The summed E-state index contributed by atoms with van der Waals surface area (Å²) in [5.41, 5.74) is 0. The van der Waals surface area contributed by atoms with Crippen LogP contribution in [0.4, 0.5) is 0 Å². The summed E-state index contributed by atoms with van der Waals surface area (Å²) >= 11 is 1.41. The van der Waals surface area contributed by atoms with Crippen LogP contribution in [0, 0.1) is 0 Å². The molecule has 0 rings (SSSR count). The average molecular weight is 656 g/mol. The van der Waals surface area contributed by atoms with E-state index in [1.54, 1.807) is 0 Å². The van der Waals surface area contributed by atoms with Gasteiger partial charge in [0.2, 0.25) is 0 Å². The fraction of sp³-hybridized carbons (Fsp3) is 0.850. The molecular weight excluding hydrogens is 615 g/mol. The van der Waals surface area contributed by atoms with E-state index in [0.717, 1.165) is 0 Å². The summed E-state index contributed by atoms with van der Waals surface area (Å²) in [6.45, 7) is 7.53. The normalized spacial score (nSPS) is 13.5. The van der Waals surface area contributed by atoms with Crippen molar-refractivity contribution in [3.8, 4) is 0 Å². The Kier molecular flexibility index (Phi) is 47.9. The first-order valence-corrected chi connectivity index (χ1v) is 15.7. The molecule has 0 fully saturated rings. The van der Waals surface area contributed by atoms with Gasteiger partial charge in [0.1, 0.15) is 24.4 Å². The zero-order valence-corrected chi connectivity index (χ0v) is 26.4. The van der Waals surface area contributed by atoms with Crippen LogP contribution < -0.4 is 0 Å². The van der Waals surface area contributed by atoms with Crippen LogP contribution in [0.2, 0.25) is 3.67 Å². The number of aldehydes is 1. The molecule has 0 aliphatic heterocycles. The first-order valence-electron chi connectivity index (χ1n) is 11.6. The predicted octanol–water partition coefficient (Wildman–Crippen LogP) is -0.761. The maximum absolute atomic E-state index is 9.90. The van der Waals surface area contributed by atoms with Crippen LogP contribution in [0.25, 0.3) is 0 Å². The molecule has 0 saturated carbocycles. The first kappa shape index (κ1) is 51.2. The van der Waals surface area contributed by atoms with Crippen molar-refractivity contribution in [3.05, 3.63) is 13.2 Å². The van der Waals surface area contributed by atoms with Gasteiger partial charge in [-0.1, -0.05) is 0 Å². The maximum atomic E-state index is 9.90. The largest absolute Gasteiger partial charge is 4.00 e. The molecule has 0 amide bonds. The minimum Gasteiger partial charge on any atom is -0.759 e. The van der Waals surface area contributed by atoms with Gasteiger partial charge in [-0.05, 0) is 0 Å². The second kappa shape index (κ2) is 35.5. The van der Waals surface area contributed by atoms with Crippen molar-refractivity contribution in [2.45, 2.75) is 99.2 Å². The Morgan fingerprint density at radius 1 is 0.737 bits per heavy atom. The molecule has 14 nitrogen and oxygen atoms in total. The van der Waals surface area contributed by atoms with Gasteiger partial charge in [-0.25, -0.2) is 0 Å². The van der Waals surface area contributed by atoms with Crippen molar-refractivity contribution in [3.63, 3.8) is 0 Å². The van der Waals surface area contributed by atoms with Gasteiger partial charge < -0.3 is 48.5 Å². The zero-order valence-electron chi connectivity index (χ0n) is 21.8. The third-order valence-electron chi connectivity index (χ3n) is 4.13. The molecule has 0 heterocycles. The molecule has 4 unspecified atom stereocenters. The van der Waals surface area contributed by atoms with E-state index in [-0.39, 0.29) is 23.4 Å². The Morgan fingerprint density at radius 3 is 1.26 bits per heavy atom. The molecule has 0 saturated heterocycles. The Labute approximate surface area is 255 Å². The smallest absolute Gasteiger partial charge is 0.759 e. The molecule has 0 aromatic rings. The van der Waals surface area contributed by atoms with Gasteiger partial charge >= 0.3 is 120 Å². The van der Waals surface area contributed by atoms with Gasteiger partial charge in [-0.15, -0.1) is 13.2 Å². The topological polar surface area (TPSA) is 279 Å². The van der Waals surface area contributed by atoms with Gasteiger partial charge in [0.25, 0.3) is 0 Å². The van der Waals surface area contributed by atoms with E-state index in [0.29, 0.717) is 0 Å². The van der Waals surface area contributed by atoms with Crippen molar-refractivity contribution >= 4 is 55.0 Å². The van der Waals surface area contributed by atoms with E-state index in [1.807, 2.05) is 0 Å². The van der Waals surface area contributed by atoms with Gasteiger partial charge in [-0.3, -0.25) is 16.8 Å². The molecule has 38 heavy (non-hydrogen) atoms. The third-order valence-corrected chi connectivity index (χ3v) is 4.83. The summed E-state index contributed by atoms with van der Waals surface area (Å²) in [7, 11) is -10.3. The fourth-order valence-corrected chi connectivity index (χ4v) is 2.86. The summed E-state index contributed by atoms with van der Waals surface area (Å²) in [6.07, 6.45) is 7.90. The van der Waals surface area contributed by atoms with Gasteiger partial charge in [-0.2, -0.15) is 0 Å². The van der Waals surface area contributed by atoms with Crippen LogP contribution >= 0.6 is 0 Å². The minimum absolute atomic E-state index is 0. The van der Waals surface area contributed by atoms with E-state index in [1.165, 1.54) is 95.8 Å². The summed E-state index contributed by atoms with van der Waals surface area (Å²) in [4.78, 5) is 9.90. The number of hydrogen-bond donors (Lipinski definition) is 5. The summed E-state index contributed by atoms with van der Waals surface area (Å²) in [5, 5.41) is 43.5. The molecular formula is C20H41CuNaO14S2. The summed E-state index contributed by atoms with van der Waals surface area (Å²) in [6, 6.07) is 0. The molecule has 0 aliphatic rings. The molecule has 0 bridgehead atoms. The molecule has 5 N–H and O–H groups in total. The molecule has 1 radical (unpaired) electrons.